The number of hydrogen-bond acceptors (Lipinski definition) is 4. The van der Waals surface area contributed by atoms with Crippen LogP contribution in [0.2, 0.25) is 0 Å². The molecule has 1 heterocycles. The van der Waals surface area contributed by atoms with E-state index in [2.05, 4.69) is 76.0 Å². The van der Waals surface area contributed by atoms with Crippen molar-refractivity contribution in [2.75, 3.05) is 0 Å². The second-order valence-corrected chi connectivity index (χ2v) is 12.1. The molecule has 1 aromatic heterocycles. The fourth-order valence-corrected chi connectivity index (χ4v) is 4.89. The van der Waals surface area contributed by atoms with E-state index in [0.717, 1.165) is 44.4 Å². The Morgan fingerprint density at radius 1 is 0.632 bits per heavy atom. The third-order valence-electron chi connectivity index (χ3n) is 6.96. The minimum absolute atomic E-state index is 0.146. The van der Waals surface area contributed by atoms with Gasteiger partial charge in [-0.3, -0.25) is 0 Å². The highest BCUT2D eigenvalue weighted by atomic mass is 16.3. The van der Waals surface area contributed by atoms with Crippen LogP contribution in [0.15, 0.2) is 78.9 Å². The number of rotatable bonds is 4. The zero-order valence-electron chi connectivity index (χ0n) is 22.9. The molecule has 0 saturated heterocycles. The summed E-state index contributed by atoms with van der Waals surface area (Å²) in [7, 11) is 0. The molecule has 0 spiro atoms. The van der Waals surface area contributed by atoms with Crippen molar-refractivity contribution in [1.82, 2.24) is 15.0 Å². The molecule has 0 aliphatic heterocycles. The van der Waals surface area contributed by atoms with Crippen LogP contribution in [0.1, 0.15) is 63.8 Å². The van der Waals surface area contributed by atoms with E-state index in [-0.39, 0.29) is 16.6 Å². The molecule has 0 aliphatic carbocycles. The first-order chi connectivity index (χ1) is 17.9. The highest BCUT2D eigenvalue weighted by Gasteiger charge is 2.27. The minimum Gasteiger partial charge on any atom is -0.507 e. The van der Waals surface area contributed by atoms with Crippen molar-refractivity contribution in [3.05, 3.63) is 101 Å². The Morgan fingerprint density at radius 3 is 1.68 bits per heavy atom. The summed E-state index contributed by atoms with van der Waals surface area (Å²) in [5, 5.41) is 32.0. The number of nitrogens with zero attached hydrogens (tertiary/aromatic N) is 3. The SMILES string of the molecule is CC(C)(C)c1cc(Cc2cc(-c3ccccc3)cc(-n3nc4ccccc4n3)c2O)cc(C(C)(C)C)c1O. The minimum atomic E-state index is -0.238. The van der Waals surface area contributed by atoms with Crippen molar-refractivity contribution in [2.45, 2.75) is 58.8 Å². The summed E-state index contributed by atoms with van der Waals surface area (Å²) in [6.45, 7) is 12.7. The molecule has 5 heteroatoms. The number of aromatic nitrogens is 3. The summed E-state index contributed by atoms with van der Waals surface area (Å²) < 4.78 is 0. The quantitative estimate of drug-likeness (QED) is 0.263. The van der Waals surface area contributed by atoms with Gasteiger partial charge in [0, 0.05) is 12.0 Å². The first kappa shape index (κ1) is 25.5. The Morgan fingerprint density at radius 2 is 1.16 bits per heavy atom. The predicted molar refractivity (Wildman–Crippen MR) is 154 cm³/mol. The van der Waals surface area contributed by atoms with E-state index in [1.807, 2.05) is 54.6 Å². The van der Waals surface area contributed by atoms with E-state index >= 15 is 0 Å². The van der Waals surface area contributed by atoms with E-state index in [0.29, 0.717) is 17.9 Å². The maximum absolute atomic E-state index is 11.6. The van der Waals surface area contributed by atoms with Crippen LogP contribution in [0.3, 0.4) is 0 Å². The van der Waals surface area contributed by atoms with E-state index in [1.165, 1.54) is 4.80 Å². The van der Waals surface area contributed by atoms with Crippen molar-refractivity contribution in [1.29, 1.82) is 0 Å². The molecule has 0 aliphatic rings. The summed E-state index contributed by atoms with van der Waals surface area (Å²) in [5.41, 5.74) is 7.21. The Hall–Kier alpha value is -4.12. The first-order valence-corrected chi connectivity index (χ1v) is 13.0. The molecule has 0 fully saturated rings. The monoisotopic (exact) mass is 505 g/mol. The van der Waals surface area contributed by atoms with Gasteiger partial charge >= 0.3 is 0 Å². The van der Waals surface area contributed by atoms with Gasteiger partial charge in [0.15, 0.2) is 0 Å². The van der Waals surface area contributed by atoms with Gasteiger partial charge in [0.2, 0.25) is 0 Å². The Labute approximate surface area is 224 Å². The van der Waals surface area contributed by atoms with Crippen molar-refractivity contribution >= 4 is 11.0 Å². The molecule has 0 saturated carbocycles. The molecular weight excluding hydrogens is 470 g/mol. The molecule has 5 nitrogen and oxygen atoms in total. The number of phenols is 2. The van der Waals surface area contributed by atoms with Crippen LogP contribution in [0.25, 0.3) is 27.8 Å². The van der Waals surface area contributed by atoms with Gasteiger partial charge in [-0.05, 0) is 62.9 Å². The van der Waals surface area contributed by atoms with E-state index in [1.54, 1.807) is 0 Å². The zero-order chi connectivity index (χ0) is 27.2. The molecule has 0 amide bonds. The predicted octanol–water partition coefficient (Wildman–Crippen LogP) is 7.68. The second-order valence-electron chi connectivity index (χ2n) is 12.1. The third kappa shape index (κ3) is 4.89. The number of hydrogen-bond donors (Lipinski definition) is 2. The van der Waals surface area contributed by atoms with Crippen molar-refractivity contribution in [3.63, 3.8) is 0 Å². The van der Waals surface area contributed by atoms with Gasteiger partial charge in [-0.25, -0.2) is 0 Å². The molecule has 4 aromatic carbocycles. The van der Waals surface area contributed by atoms with Gasteiger partial charge in [0.1, 0.15) is 28.2 Å². The van der Waals surface area contributed by atoms with Crippen LogP contribution in [-0.4, -0.2) is 25.2 Å². The van der Waals surface area contributed by atoms with Gasteiger partial charge < -0.3 is 10.2 Å². The topological polar surface area (TPSA) is 71.2 Å². The number of phenolic OH excluding ortho intramolecular Hbond substituents is 2. The smallest absolute Gasteiger partial charge is 0.146 e. The van der Waals surface area contributed by atoms with Gasteiger partial charge in [-0.15, -0.1) is 15.0 Å². The second kappa shape index (κ2) is 9.32. The van der Waals surface area contributed by atoms with Crippen molar-refractivity contribution in [2.24, 2.45) is 0 Å². The average Bonchev–Trinajstić information content (AvgIpc) is 3.29. The Bertz CT molecular complexity index is 1550. The van der Waals surface area contributed by atoms with Gasteiger partial charge in [-0.2, -0.15) is 0 Å². The van der Waals surface area contributed by atoms with Crippen LogP contribution in [0.4, 0.5) is 0 Å². The largest absolute Gasteiger partial charge is 0.507 e. The average molecular weight is 506 g/mol. The lowest BCUT2D eigenvalue weighted by Gasteiger charge is -2.28. The van der Waals surface area contributed by atoms with Gasteiger partial charge in [-0.1, -0.05) is 96.1 Å². The molecule has 0 radical (unpaired) electrons. The normalized spacial score (nSPS) is 12.3. The van der Waals surface area contributed by atoms with Gasteiger partial charge in [0.25, 0.3) is 0 Å². The molecule has 0 bridgehead atoms. The van der Waals surface area contributed by atoms with Crippen LogP contribution in [0.5, 0.6) is 11.5 Å². The van der Waals surface area contributed by atoms with E-state index in [9.17, 15) is 10.2 Å². The molecule has 0 unspecified atom stereocenters. The maximum Gasteiger partial charge on any atom is 0.146 e. The van der Waals surface area contributed by atoms with Crippen LogP contribution >= 0.6 is 0 Å². The first-order valence-electron chi connectivity index (χ1n) is 13.0. The molecule has 0 atom stereocenters. The van der Waals surface area contributed by atoms with Crippen LogP contribution in [0, 0.1) is 0 Å². The molecule has 2 N–H and O–H groups in total. The van der Waals surface area contributed by atoms with Crippen LogP contribution < -0.4 is 0 Å². The fraction of sp³-hybridized carbons (Fsp3) is 0.273. The van der Waals surface area contributed by atoms with Crippen LogP contribution in [-0.2, 0) is 17.3 Å². The molecular formula is C33H35N3O2. The molecule has 5 aromatic rings. The highest BCUT2D eigenvalue weighted by Crippen LogP contribution is 2.41. The van der Waals surface area contributed by atoms with E-state index < -0.39 is 0 Å². The van der Waals surface area contributed by atoms with E-state index in [4.69, 9.17) is 0 Å². The maximum atomic E-state index is 11.6. The lowest BCUT2D eigenvalue weighted by Crippen LogP contribution is -2.18. The molecule has 194 valence electrons. The Kier molecular flexibility index (Phi) is 6.26. The summed E-state index contributed by atoms with van der Waals surface area (Å²) in [6, 6.07) is 25.9. The number of benzene rings is 4. The summed E-state index contributed by atoms with van der Waals surface area (Å²) in [4.78, 5) is 1.52. The third-order valence-corrected chi connectivity index (χ3v) is 6.96. The zero-order valence-corrected chi connectivity index (χ0v) is 22.9. The van der Waals surface area contributed by atoms with Crippen molar-refractivity contribution in [3.8, 4) is 28.3 Å². The lowest BCUT2D eigenvalue weighted by molar-refractivity contribution is 0.422. The summed E-state index contributed by atoms with van der Waals surface area (Å²) in [5.74, 6) is 0.497. The molecule has 5 rings (SSSR count). The fourth-order valence-electron chi connectivity index (χ4n) is 4.89. The summed E-state index contributed by atoms with van der Waals surface area (Å²) in [6.07, 6.45) is 0.493. The van der Waals surface area contributed by atoms with Gasteiger partial charge in [0.05, 0.1) is 0 Å². The standard InChI is InChI=1S/C33H35N3O2/c1-32(2,3)25-17-21(18-26(31(25)38)33(4,5)6)16-24-19-23(22-12-8-7-9-13-22)20-29(30(24)37)36-34-27-14-10-11-15-28(27)35-36/h7-15,17-20,37-38H,16H2,1-6H3. The Balaban J connectivity index is 1.70. The van der Waals surface area contributed by atoms with Crippen molar-refractivity contribution < 1.29 is 10.2 Å². The lowest BCUT2D eigenvalue weighted by atomic mass is 9.78. The molecule has 38 heavy (non-hydrogen) atoms. The number of aromatic hydroxyl groups is 2. The number of fused-ring (bicyclic) bond motifs is 1. The highest BCUT2D eigenvalue weighted by molar-refractivity contribution is 5.75. The summed E-state index contributed by atoms with van der Waals surface area (Å²) >= 11 is 0.